The van der Waals surface area contributed by atoms with Gasteiger partial charge in [0.1, 0.15) is 0 Å². The van der Waals surface area contributed by atoms with Gasteiger partial charge in [-0.15, -0.1) is 0 Å². The fraction of sp³-hybridized carbons (Fsp3) is 0.900. The molecular weight excluding hydrogens is 148 g/mol. The molecule has 1 heterocycles. The van der Waals surface area contributed by atoms with Gasteiger partial charge in [0.05, 0.1) is 6.04 Å². The third-order valence-corrected chi connectivity index (χ3v) is 3.35. The van der Waals surface area contributed by atoms with E-state index in [1.165, 1.54) is 19.3 Å². The summed E-state index contributed by atoms with van der Waals surface area (Å²) in [6, 6.07) is 0.658. The van der Waals surface area contributed by atoms with Gasteiger partial charge in [-0.1, -0.05) is 20.3 Å². The average Bonchev–Trinajstić information content (AvgIpc) is 2.49. The Morgan fingerprint density at radius 1 is 1.42 bits per heavy atom. The molecule has 0 aromatic heterocycles. The Balaban J connectivity index is 2.08. The lowest BCUT2D eigenvalue weighted by molar-refractivity contribution is 0.202. The van der Waals surface area contributed by atoms with Crippen molar-refractivity contribution in [3.05, 3.63) is 0 Å². The fourth-order valence-corrected chi connectivity index (χ4v) is 2.62. The Bertz CT molecular complexity index is 186. The van der Waals surface area contributed by atoms with Crippen LogP contribution >= 0.6 is 0 Å². The minimum atomic E-state index is 0.658. The first-order chi connectivity index (χ1) is 5.79. The van der Waals surface area contributed by atoms with Gasteiger partial charge in [0.25, 0.3) is 0 Å². The number of nitrogens with zero attached hydrogens (tertiary/aromatic N) is 1. The van der Waals surface area contributed by atoms with Gasteiger partial charge in [-0.05, 0) is 24.7 Å². The normalized spacial score (nSPS) is 39.8. The molecule has 0 saturated heterocycles. The van der Waals surface area contributed by atoms with Crippen LogP contribution in [-0.4, -0.2) is 12.3 Å². The first-order valence-corrected chi connectivity index (χ1v) is 5.08. The second-order valence-corrected chi connectivity index (χ2v) is 4.43. The van der Waals surface area contributed by atoms with Gasteiger partial charge in [-0.3, -0.25) is 0 Å². The van der Waals surface area contributed by atoms with Crippen LogP contribution in [0.3, 0.4) is 0 Å². The highest BCUT2D eigenvalue weighted by molar-refractivity contribution is 5.64. The molecule has 3 unspecified atom stereocenters. The zero-order valence-corrected chi connectivity index (χ0v) is 7.96. The molecule has 68 valence electrons. The monoisotopic (exact) mass is 166 g/mol. The molecule has 0 radical (unpaired) electrons. The molecule has 1 N–H and O–H groups in total. The van der Waals surface area contributed by atoms with Gasteiger partial charge < -0.3 is 5.43 Å². The summed E-state index contributed by atoms with van der Waals surface area (Å²) in [4.78, 5) is 0. The minimum Gasteiger partial charge on any atom is -0.307 e. The van der Waals surface area contributed by atoms with Crippen molar-refractivity contribution in [3.63, 3.8) is 0 Å². The van der Waals surface area contributed by atoms with Crippen molar-refractivity contribution in [1.82, 2.24) is 5.43 Å². The van der Waals surface area contributed by atoms with Crippen LogP contribution in [0.1, 0.15) is 33.1 Å². The first-order valence-electron chi connectivity index (χ1n) is 5.08. The molecule has 0 amide bonds. The molecule has 2 aliphatic rings. The van der Waals surface area contributed by atoms with Gasteiger partial charge in [-0.2, -0.15) is 5.10 Å². The maximum atomic E-state index is 4.19. The van der Waals surface area contributed by atoms with Crippen LogP contribution in [0.4, 0.5) is 0 Å². The highest BCUT2D eigenvalue weighted by atomic mass is 15.3. The lowest BCUT2D eigenvalue weighted by atomic mass is 9.72. The third-order valence-electron chi connectivity index (χ3n) is 3.35. The number of rotatable bonds is 1. The first kappa shape index (κ1) is 8.09. The number of fused-ring (bicyclic) bond motifs is 1. The van der Waals surface area contributed by atoms with Crippen molar-refractivity contribution in [1.29, 1.82) is 0 Å². The molecule has 0 aromatic carbocycles. The molecule has 0 spiro atoms. The van der Waals surface area contributed by atoms with E-state index in [4.69, 9.17) is 0 Å². The van der Waals surface area contributed by atoms with Crippen LogP contribution in [0.2, 0.25) is 0 Å². The highest BCUT2D eigenvalue weighted by Gasteiger charge is 2.35. The van der Waals surface area contributed by atoms with E-state index >= 15 is 0 Å². The summed E-state index contributed by atoms with van der Waals surface area (Å²) in [7, 11) is 0. The second-order valence-electron chi connectivity index (χ2n) is 4.43. The second kappa shape index (κ2) is 3.08. The summed E-state index contributed by atoms with van der Waals surface area (Å²) in [5.74, 6) is 2.39. The number of nitrogens with one attached hydrogen (secondary N) is 1. The molecule has 2 heteroatoms. The summed E-state index contributed by atoms with van der Waals surface area (Å²) in [6.07, 6.45) is 6.22. The summed E-state index contributed by atoms with van der Waals surface area (Å²) in [5, 5.41) is 4.19. The van der Waals surface area contributed by atoms with E-state index in [0.717, 1.165) is 17.8 Å². The quantitative estimate of drug-likeness (QED) is 0.633. The topological polar surface area (TPSA) is 24.4 Å². The van der Waals surface area contributed by atoms with Crippen LogP contribution in [-0.2, 0) is 0 Å². The molecule has 1 aliphatic heterocycles. The molecule has 1 saturated carbocycles. The molecular formula is C10H18N2. The minimum absolute atomic E-state index is 0.658. The van der Waals surface area contributed by atoms with Crippen LogP contribution in [0.15, 0.2) is 5.10 Å². The van der Waals surface area contributed by atoms with Gasteiger partial charge in [-0.25, -0.2) is 0 Å². The van der Waals surface area contributed by atoms with E-state index in [0.29, 0.717) is 6.04 Å². The Morgan fingerprint density at radius 2 is 2.25 bits per heavy atom. The summed E-state index contributed by atoms with van der Waals surface area (Å²) in [5.41, 5.74) is 3.21. The number of hydrogen-bond acceptors (Lipinski definition) is 2. The summed E-state index contributed by atoms with van der Waals surface area (Å²) in [6.45, 7) is 4.67. The van der Waals surface area contributed by atoms with Crippen LogP contribution in [0.5, 0.6) is 0 Å². The standard InChI is InChI=1S/C10H18N2/c1-7(2)8-4-3-5-10-9(8)6-11-12-10/h6-10,12H,3-5H2,1-2H3. The van der Waals surface area contributed by atoms with Gasteiger partial charge in [0, 0.05) is 12.1 Å². The Kier molecular flexibility index (Phi) is 2.07. The van der Waals surface area contributed by atoms with E-state index in [2.05, 4.69) is 30.6 Å². The summed E-state index contributed by atoms with van der Waals surface area (Å²) >= 11 is 0. The zero-order chi connectivity index (χ0) is 8.55. The third kappa shape index (κ3) is 1.23. The Hall–Kier alpha value is -0.530. The predicted molar refractivity (Wildman–Crippen MR) is 51.1 cm³/mol. The van der Waals surface area contributed by atoms with Crippen molar-refractivity contribution >= 4 is 6.21 Å². The molecule has 0 aromatic rings. The van der Waals surface area contributed by atoms with Crippen LogP contribution in [0, 0.1) is 17.8 Å². The van der Waals surface area contributed by atoms with Gasteiger partial charge in [0.15, 0.2) is 0 Å². The van der Waals surface area contributed by atoms with Gasteiger partial charge in [0.2, 0.25) is 0 Å². The molecule has 3 atom stereocenters. The van der Waals surface area contributed by atoms with Crippen LogP contribution in [0.25, 0.3) is 0 Å². The molecule has 2 rings (SSSR count). The van der Waals surface area contributed by atoms with E-state index in [1.54, 1.807) is 0 Å². The van der Waals surface area contributed by atoms with Crippen molar-refractivity contribution in [3.8, 4) is 0 Å². The Morgan fingerprint density at radius 3 is 3.00 bits per heavy atom. The smallest absolute Gasteiger partial charge is 0.0521 e. The van der Waals surface area contributed by atoms with E-state index in [-0.39, 0.29) is 0 Å². The lowest BCUT2D eigenvalue weighted by Gasteiger charge is -2.34. The van der Waals surface area contributed by atoms with Crippen molar-refractivity contribution < 1.29 is 0 Å². The summed E-state index contributed by atoms with van der Waals surface area (Å²) < 4.78 is 0. The highest BCUT2D eigenvalue weighted by Crippen LogP contribution is 2.35. The largest absolute Gasteiger partial charge is 0.307 e. The number of hydrazone groups is 1. The zero-order valence-electron chi connectivity index (χ0n) is 7.96. The average molecular weight is 166 g/mol. The lowest BCUT2D eigenvalue weighted by Crippen LogP contribution is -2.38. The number of hydrogen-bond donors (Lipinski definition) is 1. The molecule has 1 fully saturated rings. The van der Waals surface area contributed by atoms with E-state index in [1.807, 2.05) is 0 Å². The molecule has 12 heavy (non-hydrogen) atoms. The maximum absolute atomic E-state index is 4.19. The molecule has 2 nitrogen and oxygen atoms in total. The van der Waals surface area contributed by atoms with Crippen molar-refractivity contribution in [2.24, 2.45) is 22.9 Å². The van der Waals surface area contributed by atoms with Gasteiger partial charge >= 0.3 is 0 Å². The van der Waals surface area contributed by atoms with Crippen LogP contribution < -0.4 is 5.43 Å². The molecule has 0 bridgehead atoms. The van der Waals surface area contributed by atoms with E-state index < -0.39 is 0 Å². The van der Waals surface area contributed by atoms with Crippen molar-refractivity contribution in [2.45, 2.75) is 39.2 Å². The Labute approximate surface area is 74.4 Å². The fourth-order valence-electron chi connectivity index (χ4n) is 2.62. The molecule has 1 aliphatic carbocycles. The van der Waals surface area contributed by atoms with E-state index in [9.17, 15) is 0 Å². The van der Waals surface area contributed by atoms with Crippen molar-refractivity contribution in [2.75, 3.05) is 0 Å². The predicted octanol–water partition coefficient (Wildman–Crippen LogP) is 2.02. The SMILES string of the molecule is CC(C)C1CCCC2NN=CC21. The maximum Gasteiger partial charge on any atom is 0.0521 e.